The van der Waals surface area contributed by atoms with Gasteiger partial charge in [-0.15, -0.1) is 0 Å². The number of hydrogen-bond donors (Lipinski definition) is 1. The number of hydrogen-bond acceptors (Lipinski definition) is 2. The van der Waals surface area contributed by atoms with E-state index >= 15 is 0 Å². The lowest BCUT2D eigenvalue weighted by atomic mass is 10.2. The van der Waals surface area contributed by atoms with E-state index < -0.39 is 5.83 Å². The highest BCUT2D eigenvalue weighted by Gasteiger charge is 1.95. The molecule has 0 aliphatic heterocycles. The molecule has 3 heteroatoms. The largest absolute Gasteiger partial charge is 0.462 e. The van der Waals surface area contributed by atoms with Crippen LogP contribution in [0.5, 0.6) is 5.75 Å². The Bertz CT molecular complexity index is 432. The predicted molar refractivity (Wildman–Crippen MR) is 68.1 cm³/mol. The van der Waals surface area contributed by atoms with Gasteiger partial charge in [-0.05, 0) is 36.8 Å². The van der Waals surface area contributed by atoms with Crippen molar-refractivity contribution in [2.45, 2.75) is 13.5 Å². The van der Waals surface area contributed by atoms with Crippen LogP contribution < -0.4 is 10.5 Å². The number of ether oxygens (including phenoxy) is 1. The minimum Gasteiger partial charge on any atom is -0.462 e. The molecule has 0 aliphatic rings. The molecule has 0 fully saturated rings. The molecule has 0 aliphatic carbocycles. The summed E-state index contributed by atoms with van der Waals surface area (Å²) in [6, 6.07) is 7.50. The van der Waals surface area contributed by atoms with E-state index in [4.69, 9.17) is 10.5 Å². The van der Waals surface area contributed by atoms with Gasteiger partial charge in [0.1, 0.15) is 17.3 Å². The minimum atomic E-state index is -0.485. The summed E-state index contributed by atoms with van der Waals surface area (Å²) in [4.78, 5) is 0. The second-order valence-electron chi connectivity index (χ2n) is 3.53. The molecule has 90 valence electrons. The molecule has 17 heavy (non-hydrogen) atoms. The minimum absolute atomic E-state index is 0.485. The molecule has 0 bridgehead atoms. The van der Waals surface area contributed by atoms with Crippen LogP contribution >= 0.6 is 0 Å². The lowest BCUT2D eigenvalue weighted by molar-refractivity contribution is 0.428. The zero-order valence-corrected chi connectivity index (χ0v) is 9.82. The Labute approximate surface area is 101 Å². The Morgan fingerprint density at radius 1 is 1.41 bits per heavy atom. The van der Waals surface area contributed by atoms with Gasteiger partial charge in [-0.3, -0.25) is 0 Å². The van der Waals surface area contributed by atoms with Gasteiger partial charge in [0.2, 0.25) is 0 Å². The Morgan fingerprint density at radius 3 is 2.59 bits per heavy atom. The van der Waals surface area contributed by atoms with Crippen LogP contribution in [0, 0.1) is 0 Å². The molecule has 1 aromatic rings. The SMILES string of the molecule is C=C(F)/C=C\C=C(/C)Oc1ccc(CN)cc1. The molecular formula is C14H16FNO. The van der Waals surface area contributed by atoms with E-state index in [0.717, 1.165) is 11.3 Å². The zero-order chi connectivity index (χ0) is 12.7. The van der Waals surface area contributed by atoms with Crippen LogP contribution in [0.25, 0.3) is 0 Å². The maximum atomic E-state index is 12.3. The number of rotatable bonds is 5. The van der Waals surface area contributed by atoms with E-state index in [9.17, 15) is 4.39 Å². The molecule has 1 rings (SSSR count). The van der Waals surface area contributed by atoms with Gasteiger partial charge in [-0.25, -0.2) is 4.39 Å². The summed E-state index contributed by atoms with van der Waals surface area (Å²) in [5.74, 6) is 0.910. The lowest BCUT2D eigenvalue weighted by Crippen LogP contribution is -1.96. The van der Waals surface area contributed by atoms with Gasteiger partial charge in [0, 0.05) is 6.54 Å². The van der Waals surface area contributed by atoms with Crippen LogP contribution in [0.4, 0.5) is 4.39 Å². The van der Waals surface area contributed by atoms with Gasteiger partial charge in [0.05, 0.1) is 0 Å². The molecule has 0 amide bonds. The van der Waals surface area contributed by atoms with Crippen LogP contribution in [0.15, 0.2) is 60.7 Å². The van der Waals surface area contributed by atoms with Crippen LogP contribution in [0.1, 0.15) is 12.5 Å². The van der Waals surface area contributed by atoms with Crippen molar-refractivity contribution >= 4 is 0 Å². The summed E-state index contributed by atoms with van der Waals surface area (Å²) < 4.78 is 17.8. The quantitative estimate of drug-likeness (QED) is 0.624. The fourth-order valence-corrected chi connectivity index (χ4v) is 1.20. The fourth-order valence-electron chi connectivity index (χ4n) is 1.20. The normalized spacial score (nSPS) is 11.8. The molecule has 1 aromatic carbocycles. The standard InChI is InChI=1S/C14H16FNO/c1-11(15)4-3-5-12(2)17-14-8-6-13(10-16)7-9-14/h3-9H,1,10,16H2,2H3/b4-3-,12-5+. The Hall–Kier alpha value is -1.87. The number of nitrogens with two attached hydrogens (primary N) is 1. The summed E-state index contributed by atoms with van der Waals surface area (Å²) in [5, 5.41) is 0. The van der Waals surface area contributed by atoms with Gasteiger partial charge >= 0.3 is 0 Å². The van der Waals surface area contributed by atoms with Gasteiger partial charge in [-0.2, -0.15) is 0 Å². The van der Waals surface area contributed by atoms with Crippen molar-refractivity contribution in [1.82, 2.24) is 0 Å². The molecule has 0 heterocycles. The fraction of sp³-hybridized carbons (Fsp3) is 0.143. The molecule has 0 saturated carbocycles. The smallest absolute Gasteiger partial charge is 0.126 e. The van der Waals surface area contributed by atoms with Gasteiger partial charge in [0.15, 0.2) is 0 Å². The summed E-state index contributed by atoms with van der Waals surface area (Å²) in [7, 11) is 0. The second kappa shape index (κ2) is 6.66. The molecule has 2 N–H and O–H groups in total. The van der Waals surface area contributed by atoms with E-state index in [-0.39, 0.29) is 0 Å². The van der Waals surface area contributed by atoms with Crippen molar-refractivity contribution in [2.75, 3.05) is 0 Å². The topological polar surface area (TPSA) is 35.2 Å². The third-order valence-corrected chi connectivity index (χ3v) is 2.05. The third-order valence-electron chi connectivity index (χ3n) is 2.05. The van der Waals surface area contributed by atoms with Crippen molar-refractivity contribution in [3.63, 3.8) is 0 Å². The first-order valence-electron chi connectivity index (χ1n) is 5.28. The van der Waals surface area contributed by atoms with E-state index in [1.165, 1.54) is 6.08 Å². The molecule has 0 saturated heterocycles. The van der Waals surface area contributed by atoms with Crippen molar-refractivity contribution in [2.24, 2.45) is 5.73 Å². The summed E-state index contributed by atoms with van der Waals surface area (Å²) >= 11 is 0. The first-order chi connectivity index (χ1) is 8.11. The van der Waals surface area contributed by atoms with Gasteiger partial charge in [-0.1, -0.05) is 24.8 Å². The Balaban J connectivity index is 2.60. The number of benzene rings is 1. The highest BCUT2D eigenvalue weighted by molar-refractivity contribution is 5.29. The number of halogens is 1. The Morgan fingerprint density at radius 2 is 2.06 bits per heavy atom. The van der Waals surface area contributed by atoms with Crippen molar-refractivity contribution < 1.29 is 9.13 Å². The van der Waals surface area contributed by atoms with Crippen LogP contribution in [0.3, 0.4) is 0 Å². The van der Waals surface area contributed by atoms with Crippen molar-refractivity contribution in [3.8, 4) is 5.75 Å². The zero-order valence-electron chi connectivity index (χ0n) is 9.82. The van der Waals surface area contributed by atoms with E-state index in [0.29, 0.717) is 12.3 Å². The van der Waals surface area contributed by atoms with Crippen LogP contribution in [-0.2, 0) is 6.54 Å². The molecule has 0 atom stereocenters. The summed E-state index contributed by atoms with van der Waals surface area (Å²) in [5.41, 5.74) is 6.54. The highest BCUT2D eigenvalue weighted by atomic mass is 19.1. The second-order valence-corrected chi connectivity index (χ2v) is 3.53. The maximum Gasteiger partial charge on any atom is 0.126 e. The van der Waals surface area contributed by atoms with Crippen LogP contribution in [0.2, 0.25) is 0 Å². The van der Waals surface area contributed by atoms with Crippen molar-refractivity contribution in [1.29, 1.82) is 0 Å². The number of allylic oxidation sites excluding steroid dienone is 5. The molecule has 0 aromatic heterocycles. The maximum absolute atomic E-state index is 12.3. The summed E-state index contributed by atoms with van der Waals surface area (Å²) in [6.45, 7) is 5.42. The average molecular weight is 233 g/mol. The average Bonchev–Trinajstić information content (AvgIpc) is 2.29. The Kier molecular flexibility index (Phi) is 5.17. The first kappa shape index (κ1) is 13.2. The summed E-state index contributed by atoms with van der Waals surface area (Å²) in [6.07, 6.45) is 4.48. The molecule has 0 spiro atoms. The first-order valence-corrected chi connectivity index (χ1v) is 5.28. The molecular weight excluding hydrogens is 217 g/mol. The molecule has 0 radical (unpaired) electrons. The highest BCUT2D eigenvalue weighted by Crippen LogP contribution is 2.14. The van der Waals surface area contributed by atoms with E-state index in [1.54, 1.807) is 19.1 Å². The molecule has 2 nitrogen and oxygen atoms in total. The van der Waals surface area contributed by atoms with Gasteiger partial charge < -0.3 is 10.5 Å². The third kappa shape index (κ3) is 5.13. The van der Waals surface area contributed by atoms with E-state index in [2.05, 4.69) is 6.58 Å². The van der Waals surface area contributed by atoms with Crippen molar-refractivity contribution in [3.05, 3.63) is 66.2 Å². The lowest BCUT2D eigenvalue weighted by Gasteiger charge is -2.05. The van der Waals surface area contributed by atoms with Crippen LogP contribution in [-0.4, -0.2) is 0 Å². The van der Waals surface area contributed by atoms with Gasteiger partial charge in [0.25, 0.3) is 0 Å². The van der Waals surface area contributed by atoms with E-state index in [1.807, 2.05) is 24.3 Å². The molecule has 0 unspecified atom stereocenters. The predicted octanol–water partition coefficient (Wildman–Crippen LogP) is 3.47. The monoisotopic (exact) mass is 233 g/mol.